The number of halogens is 1. The number of hydrogen-bond acceptors (Lipinski definition) is 3. The van der Waals surface area contributed by atoms with Crippen molar-refractivity contribution in [3.63, 3.8) is 0 Å². The van der Waals surface area contributed by atoms with E-state index in [4.69, 9.17) is 16.3 Å². The zero-order valence-electron chi connectivity index (χ0n) is 16.9. The van der Waals surface area contributed by atoms with Gasteiger partial charge in [0.25, 0.3) is 5.91 Å². The van der Waals surface area contributed by atoms with Gasteiger partial charge in [-0.05, 0) is 49.9 Å². The number of rotatable bonds is 4. The topological polar surface area (TPSA) is 54.3 Å². The van der Waals surface area contributed by atoms with Gasteiger partial charge in [0.1, 0.15) is 12.6 Å². The number of quaternary nitrogens is 1. The number of likely N-dealkylation sites (tertiary alicyclic amines) is 1. The number of carbonyl (C=O) groups is 2. The first-order chi connectivity index (χ1) is 14.1. The van der Waals surface area contributed by atoms with E-state index in [9.17, 15) is 9.59 Å². The highest BCUT2D eigenvalue weighted by Crippen LogP contribution is 2.21. The highest BCUT2D eigenvalue weighted by Gasteiger charge is 2.34. The van der Waals surface area contributed by atoms with Gasteiger partial charge >= 0.3 is 0 Å². The first kappa shape index (κ1) is 20.6. The highest BCUT2D eigenvalue weighted by molar-refractivity contribution is 6.30. The van der Waals surface area contributed by atoms with Crippen LogP contribution in [-0.4, -0.2) is 80.1 Å². The van der Waals surface area contributed by atoms with Crippen LogP contribution in [0.4, 0.5) is 0 Å². The summed E-state index contributed by atoms with van der Waals surface area (Å²) < 4.78 is 5.76. The Labute approximate surface area is 177 Å². The Morgan fingerprint density at radius 2 is 1.79 bits per heavy atom. The van der Waals surface area contributed by atoms with E-state index in [0.717, 1.165) is 52.2 Å². The number of hydrogen-bond donors (Lipinski definition) is 1. The van der Waals surface area contributed by atoms with Gasteiger partial charge < -0.3 is 19.4 Å². The summed E-state index contributed by atoms with van der Waals surface area (Å²) in [4.78, 5) is 31.3. The Bertz CT molecular complexity index is 713. The molecule has 3 aliphatic rings. The van der Waals surface area contributed by atoms with E-state index in [-0.39, 0.29) is 17.7 Å². The molecule has 3 heterocycles. The van der Waals surface area contributed by atoms with E-state index in [2.05, 4.69) is 0 Å². The first-order valence-corrected chi connectivity index (χ1v) is 11.3. The minimum absolute atomic E-state index is 0.00926. The van der Waals surface area contributed by atoms with E-state index in [1.807, 2.05) is 9.80 Å². The summed E-state index contributed by atoms with van der Waals surface area (Å²) in [7, 11) is 0. The van der Waals surface area contributed by atoms with Gasteiger partial charge in [0.2, 0.25) is 5.91 Å². The average molecular weight is 421 g/mol. The lowest BCUT2D eigenvalue weighted by molar-refractivity contribution is -0.906. The van der Waals surface area contributed by atoms with Crippen molar-refractivity contribution in [1.82, 2.24) is 9.80 Å². The second-order valence-corrected chi connectivity index (χ2v) is 8.95. The fourth-order valence-corrected chi connectivity index (χ4v) is 4.90. The summed E-state index contributed by atoms with van der Waals surface area (Å²) >= 11 is 5.93. The van der Waals surface area contributed by atoms with Gasteiger partial charge in [-0.25, -0.2) is 0 Å². The maximum Gasteiger partial charge on any atom is 0.253 e. The van der Waals surface area contributed by atoms with Crippen LogP contribution < -0.4 is 4.90 Å². The molecule has 1 N–H and O–H groups in total. The van der Waals surface area contributed by atoms with Crippen molar-refractivity contribution < 1.29 is 19.2 Å². The maximum absolute atomic E-state index is 13.1. The average Bonchev–Trinajstić information content (AvgIpc) is 3.27. The number of piperidine rings is 1. The van der Waals surface area contributed by atoms with E-state index < -0.39 is 0 Å². The number of nitrogens with zero attached hydrogens (tertiary/aromatic N) is 2. The fraction of sp³-hybridized carbons (Fsp3) is 0.636. The summed E-state index contributed by atoms with van der Waals surface area (Å²) in [5.74, 6) is 0.125. The molecule has 1 aromatic carbocycles. The third kappa shape index (κ3) is 5.11. The van der Waals surface area contributed by atoms with Crippen LogP contribution in [0, 0.1) is 5.92 Å². The molecule has 2 atom stereocenters. The third-order valence-electron chi connectivity index (χ3n) is 6.47. The zero-order chi connectivity index (χ0) is 20.2. The van der Waals surface area contributed by atoms with Crippen molar-refractivity contribution in [3.8, 4) is 0 Å². The molecule has 4 rings (SSSR count). The lowest BCUT2D eigenvalue weighted by Crippen LogP contribution is -3.15. The minimum atomic E-state index is -0.0836. The Morgan fingerprint density at radius 3 is 2.48 bits per heavy atom. The number of amides is 2. The molecule has 7 heteroatoms. The molecule has 2 amide bonds. The van der Waals surface area contributed by atoms with Crippen molar-refractivity contribution in [1.29, 1.82) is 0 Å². The van der Waals surface area contributed by atoms with Gasteiger partial charge in [-0.2, -0.15) is 0 Å². The van der Waals surface area contributed by atoms with Crippen molar-refractivity contribution in [2.24, 2.45) is 5.92 Å². The highest BCUT2D eigenvalue weighted by atomic mass is 35.5. The predicted octanol–water partition coefficient (Wildman–Crippen LogP) is 1.10. The van der Waals surface area contributed by atoms with Gasteiger partial charge in [0.15, 0.2) is 0 Å². The zero-order valence-corrected chi connectivity index (χ0v) is 17.7. The van der Waals surface area contributed by atoms with Gasteiger partial charge in [-0.3, -0.25) is 9.59 Å². The van der Waals surface area contributed by atoms with Gasteiger partial charge in [0.05, 0.1) is 32.1 Å². The molecular formula is C22H31ClN3O3+. The van der Waals surface area contributed by atoms with Crippen LogP contribution in [-0.2, 0) is 9.53 Å². The second kappa shape index (κ2) is 9.45. The van der Waals surface area contributed by atoms with Crippen LogP contribution in [0.5, 0.6) is 0 Å². The molecule has 1 aromatic rings. The Kier molecular flexibility index (Phi) is 6.73. The third-order valence-corrected chi connectivity index (χ3v) is 6.72. The summed E-state index contributed by atoms with van der Waals surface area (Å²) in [5.41, 5.74) is 0.633. The van der Waals surface area contributed by atoms with E-state index in [1.165, 1.54) is 12.8 Å². The molecule has 0 saturated carbocycles. The van der Waals surface area contributed by atoms with E-state index in [1.54, 1.807) is 29.2 Å². The fourth-order valence-electron chi connectivity index (χ4n) is 4.77. The standard InChI is InChI=1S/C22H30ClN3O3/c23-19-7-5-17(6-8-19)21(27)26-9-1-3-18(15-26)22(28)25-12-10-24(11-13-25)16-20-4-2-14-29-20/h5-8,18,20H,1-4,9-16H2/p+1/t18-,20-/m0/s1. The number of piperazine rings is 1. The summed E-state index contributed by atoms with van der Waals surface area (Å²) in [5, 5.41) is 0.619. The van der Waals surface area contributed by atoms with E-state index >= 15 is 0 Å². The van der Waals surface area contributed by atoms with Crippen LogP contribution in [0.15, 0.2) is 24.3 Å². The van der Waals surface area contributed by atoms with Crippen molar-refractivity contribution in [2.75, 3.05) is 52.4 Å². The van der Waals surface area contributed by atoms with Crippen LogP contribution >= 0.6 is 11.6 Å². The summed E-state index contributed by atoms with van der Waals surface area (Å²) in [6, 6.07) is 6.98. The molecule has 0 spiro atoms. The van der Waals surface area contributed by atoms with Crippen molar-refractivity contribution >= 4 is 23.4 Å². The normalized spacial score (nSPS) is 26.0. The molecule has 0 aromatic heterocycles. The van der Waals surface area contributed by atoms with Gasteiger partial charge in [0, 0.05) is 30.3 Å². The molecule has 158 valence electrons. The van der Waals surface area contributed by atoms with Crippen LogP contribution in [0.25, 0.3) is 0 Å². The molecular weight excluding hydrogens is 390 g/mol. The van der Waals surface area contributed by atoms with E-state index in [0.29, 0.717) is 29.8 Å². The molecule has 3 fully saturated rings. The number of carbonyl (C=O) groups excluding carboxylic acids is 2. The van der Waals surface area contributed by atoms with Crippen LogP contribution in [0.1, 0.15) is 36.0 Å². The molecule has 0 radical (unpaired) electrons. The lowest BCUT2D eigenvalue weighted by atomic mass is 9.95. The molecule has 29 heavy (non-hydrogen) atoms. The molecule has 3 aliphatic heterocycles. The van der Waals surface area contributed by atoms with Crippen molar-refractivity contribution in [3.05, 3.63) is 34.9 Å². The molecule has 0 unspecified atom stereocenters. The summed E-state index contributed by atoms with van der Waals surface area (Å²) in [6.45, 7) is 6.79. The van der Waals surface area contributed by atoms with Gasteiger partial charge in [-0.15, -0.1) is 0 Å². The minimum Gasteiger partial charge on any atom is -0.372 e. The van der Waals surface area contributed by atoms with Crippen LogP contribution in [0.2, 0.25) is 5.02 Å². The first-order valence-electron chi connectivity index (χ1n) is 10.9. The second-order valence-electron chi connectivity index (χ2n) is 8.51. The lowest BCUT2D eigenvalue weighted by Gasteiger charge is -2.38. The number of ether oxygens (including phenoxy) is 1. The molecule has 6 nitrogen and oxygen atoms in total. The SMILES string of the molecule is O=C(c1ccc(Cl)cc1)N1CCC[C@H](C(=O)N2CC[NH+](C[C@@H]3CCCO3)CC2)C1. The summed E-state index contributed by atoms with van der Waals surface area (Å²) in [6.07, 6.45) is 4.49. The smallest absolute Gasteiger partial charge is 0.253 e. The predicted molar refractivity (Wildman–Crippen MR) is 111 cm³/mol. The Hall–Kier alpha value is -1.63. The molecule has 0 aliphatic carbocycles. The quantitative estimate of drug-likeness (QED) is 0.793. The monoisotopic (exact) mass is 420 g/mol. The number of benzene rings is 1. The molecule has 0 bridgehead atoms. The maximum atomic E-state index is 13.1. The Morgan fingerprint density at radius 1 is 1.03 bits per heavy atom. The Balaban J connectivity index is 1.28. The largest absolute Gasteiger partial charge is 0.372 e. The van der Waals surface area contributed by atoms with Crippen molar-refractivity contribution in [2.45, 2.75) is 31.8 Å². The molecule has 3 saturated heterocycles. The number of nitrogens with one attached hydrogen (secondary N) is 1. The van der Waals surface area contributed by atoms with Gasteiger partial charge in [-0.1, -0.05) is 11.6 Å². The van der Waals surface area contributed by atoms with Crippen LogP contribution in [0.3, 0.4) is 0 Å².